The second-order valence-corrected chi connectivity index (χ2v) is 15.6. The molecule has 0 aliphatic carbocycles. The third kappa shape index (κ3) is 8.11. The molecule has 0 unspecified atom stereocenters. The molecule has 9 aromatic rings. The molecule has 0 saturated carbocycles. The Labute approximate surface area is 385 Å². The van der Waals surface area contributed by atoms with Crippen molar-refractivity contribution in [1.82, 2.24) is 19.9 Å². The first-order valence-electron chi connectivity index (χ1n) is 21.1. The quantitative estimate of drug-likeness (QED) is 0.0802. The molecule has 65 heavy (non-hydrogen) atoms. The fourth-order valence-corrected chi connectivity index (χ4v) is 8.52. The van der Waals surface area contributed by atoms with E-state index < -0.39 is 0 Å². The summed E-state index contributed by atoms with van der Waals surface area (Å²) in [5.41, 5.74) is 15.1. The van der Waals surface area contributed by atoms with E-state index in [9.17, 15) is 4.79 Å². The maximum atomic E-state index is 11.9. The van der Waals surface area contributed by atoms with Gasteiger partial charge in [-0.1, -0.05) is 127 Å². The first kappa shape index (κ1) is 41.1. The SMILES string of the molecule is Cc1cc(=O)oc2cc(OCCOc3ccc(-c4c5nc(c(-c6ccccc6)c6ccc([n-]6)c(-c6ccccc6)c6nc(c(-c7ccccc7)c7ccc4[n-]7)C=C6)C=C5)cc3)ccc12.[Fe+2]. The molecule has 9 heteroatoms. The summed E-state index contributed by atoms with van der Waals surface area (Å²) < 4.78 is 17.5. The van der Waals surface area contributed by atoms with E-state index in [1.54, 1.807) is 6.07 Å². The standard InChI is InChI=1S/C56H38N4O4.Fe/c1-35-33-52(61)64-51-34-41(21-22-42(35)51)63-32-31-62-40-19-17-39(18-20-40)56-49-29-27-47(59-49)54(37-13-7-3-8-14-37)45-25-23-43(57-45)53(36-11-5-2-6-12-36)44-24-26-46(58-44)55(38-15-9-4-10-16-38)48-28-30-50(56)60-48;/h2-30,33-34H,31-32H2,1H3;/q-2;+2. The Kier molecular flexibility index (Phi) is 11.2. The molecule has 5 aromatic carbocycles. The number of nitrogens with zero attached hydrogens (tertiary/aromatic N) is 4. The Hall–Kier alpha value is -7.97. The van der Waals surface area contributed by atoms with Gasteiger partial charge in [-0.25, -0.2) is 14.8 Å². The topological polar surface area (TPSA) is 103 Å². The van der Waals surface area contributed by atoms with Crippen molar-refractivity contribution in [2.75, 3.05) is 13.2 Å². The van der Waals surface area contributed by atoms with E-state index in [1.165, 1.54) is 6.07 Å². The third-order valence-corrected chi connectivity index (χ3v) is 11.5. The summed E-state index contributed by atoms with van der Waals surface area (Å²) >= 11 is 0. The molecule has 2 aliphatic rings. The number of rotatable bonds is 9. The summed E-state index contributed by atoms with van der Waals surface area (Å²) in [5.74, 6) is 1.29. The summed E-state index contributed by atoms with van der Waals surface area (Å²) in [6.07, 6.45) is 8.31. The number of ether oxygens (including phenoxy) is 2. The van der Waals surface area contributed by atoms with Crippen LogP contribution in [0.3, 0.4) is 0 Å². The van der Waals surface area contributed by atoms with Crippen LogP contribution in [0.5, 0.6) is 11.5 Å². The predicted molar refractivity (Wildman–Crippen MR) is 257 cm³/mol. The van der Waals surface area contributed by atoms with Gasteiger partial charge in [-0.05, 0) is 106 Å². The van der Waals surface area contributed by atoms with Crippen LogP contribution in [0.2, 0.25) is 0 Å². The minimum atomic E-state index is -0.386. The minimum Gasteiger partial charge on any atom is -0.657 e. The van der Waals surface area contributed by atoms with Gasteiger partial charge in [-0.3, -0.25) is 0 Å². The second kappa shape index (κ2) is 17.7. The first-order chi connectivity index (χ1) is 31.5. The van der Waals surface area contributed by atoms with Gasteiger partial charge in [0, 0.05) is 17.5 Å². The zero-order valence-electron chi connectivity index (χ0n) is 35.1. The van der Waals surface area contributed by atoms with Crippen LogP contribution in [-0.4, -0.2) is 23.2 Å². The zero-order chi connectivity index (χ0) is 43.0. The van der Waals surface area contributed by atoms with E-state index in [0.717, 1.165) is 100 Å². The Morgan fingerprint density at radius 2 is 0.846 bits per heavy atom. The minimum absolute atomic E-state index is 0. The summed E-state index contributed by atoms with van der Waals surface area (Å²) in [5, 5.41) is 0.872. The zero-order valence-corrected chi connectivity index (χ0v) is 36.2. The summed E-state index contributed by atoms with van der Waals surface area (Å²) in [6.45, 7) is 2.49. The average molecular weight is 887 g/mol. The number of aromatic nitrogens is 4. The molecule has 0 fully saturated rings. The summed E-state index contributed by atoms with van der Waals surface area (Å²) in [7, 11) is 0. The largest absolute Gasteiger partial charge is 2.00 e. The Morgan fingerprint density at radius 3 is 1.28 bits per heavy atom. The van der Waals surface area contributed by atoms with E-state index in [-0.39, 0.29) is 22.7 Å². The normalized spacial score (nSPS) is 11.7. The van der Waals surface area contributed by atoms with Crippen LogP contribution in [-0.2, 0) is 17.1 Å². The van der Waals surface area contributed by atoms with Crippen LogP contribution in [0.1, 0.15) is 28.3 Å². The van der Waals surface area contributed by atoms with Crippen LogP contribution in [0.15, 0.2) is 173 Å². The fraction of sp³-hybridized carbons (Fsp3) is 0.0536. The van der Waals surface area contributed by atoms with Gasteiger partial charge in [-0.2, -0.15) is 0 Å². The molecule has 8 nitrogen and oxygen atoms in total. The predicted octanol–water partition coefficient (Wildman–Crippen LogP) is 12.5. The van der Waals surface area contributed by atoms with Crippen molar-refractivity contribution in [1.29, 1.82) is 0 Å². The first-order valence-corrected chi connectivity index (χ1v) is 21.1. The van der Waals surface area contributed by atoms with Gasteiger partial charge >= 0.3 is 22.7 Å². The Balaban J connectivity index is 0.00000498. The molecule has 0 atom stereocenters. The second-order valence-electron chi connectivity index (χ2n) is 15.6. The van der Waals surface area contributed by atoms with E-state index in [4.69, 9.17) is 33.8 Å². The van der Waals surface area contributed by atoms with Gasteiger partial charge in [0.1, 0.15) is 30.3 Å². The van der Waals surface area contributed by atoms with Crippen LogP contribution in [0.25, 0.3) is 102 Å². The maximum absolute atomic E-state index is 11.9. The summed E-state index contributed by atoms with van der Waals surface area (Å²) in [4.78, 5) is 33.4. The number of hydrogen-bond donors (Lipinski definition) is 0. The molecule has 0 saturated heterocycles. The molecule has 2 aliphatic heterocycles. The molecule has 8 bridgehead atoms. The molecular weight excluding hydrogens is 848 g/mol. The van der Waals surface area contributed by atoms with Crippen LogP contribution in [0.4, 0.5) is 0 Å². The molecular formula is C56H38FeN4O4. The van der Waals surface area contributed by atoms with Crippen LogP contribution in [0, 0.1) is 6.92 Å². The van der Waals surface area contributed by atoms with Crippen LogP contribution >= 0.6 is 0 Å². The van der Waals surface area contributed by atoms with E-state index >= 15 is 0 Å². The smallest absolute Gasteiger partial charge is 0.657 e. The maximum Gasteiger partial charge on any atom is 2.00 e. The van der Waals surface area contributed by atoms with Crippen molar-refractivity contribution in [2.24, 2.45) is 0 Å². The molecule has 6 heterocycles. The third-order valence-electron chi connectivity index (χ3n) is 11.5. The fourth-order valence-electron chi connectivity index (χ4n) is 8.52. The van der Waals surface area contributed by atoms with Crippen molar-refractivity contribution in [2.45, 2.75) is 6.92 Å². The van der Waals surface area contributed by atoms with Crippen molar-refractivity contribution < 1.29 is 31.0 Å². The van der Waals surface area contributed by atoms with E-state index in [1.807, 2.05) is 97.9 Å². The molecule has 0 spiro atoms. The van der Waals surface area contributed by atoms with E-state index in [2.05, 4.69) is 85.0 Å². The van der Waals surface area contributed by atoms with Gasteiger partial charge in [0.2, 0.25) is 0 Å². The van der Waals surface area contributed by atoms with Crippen molar-refractivity contribution in [3.05, 3.63) is 203 Å². The van der Waals surface area contributed by atoms with Crippen molar-refractivity contribution >= 4 is 57.3 Å². The number of hydrogen-bond acceptors (Lipinski definition) is 6. The molecule has 0 radical (unpaired) electrons. The van der Waals surface area contributed by atoms with Gasteiger partial charge in [0.25, 0.3) is 0 Å². The monoisotopic (exact) mass is 886 g/mol. The molecule has 0 N–H and O–H groups in total. The molecule has 314 valence electrons. The van der Waals surface area contributed by atoms with Gasteiger partial charge in [0.15, 0.2) is 0 Å². The van der Waals surface area contributed by atoms with Gasteiger partial charge < -0.3 is 23.9 Å². The van der Waals surface area contributed by atoms with Gasteiger partial charge in [0.05, 0.1) is 22.8 Å². The number of benzene rings is 5. The Bertz CT molecular complexity index is 3480. The molecule has 4 aromatic heterocycles. The molecule has 11 rings (SSSR count). The van der Waals surface area contributed by atoms with Crippen LogP contribution < -0.4 is 25.1 Å². The average Bonchev–Trinajstić information content (AvgIpc) is 4.18. The number of fused-ring (bicyclic) bond motifs is 9. The molecule has 0 amide bonds. The van der Waals surface area contributed by atoms with Crippen molar-refractivity contribution in [3.8, 4) is 56.0 Å². The number of aryl methyl sites for hydroxylation is 1. The van der Waals surface area contributed by atoms with Gasteiger partial charge in [-0.15, -0.1) is 22.1 Å². The van der Waals surface area contributed by atoms with Crippen molar-refractivity contribution in [3.63, 3.8) is 0 Å². The Morgan fingerprint density at radius 1 is 0.462 bits per heavy atom. The summed E-state index contributed by atoms with van der Waals surface area (Å²) in [6, 6.07) is 54.2. The van der Waals surface area contributed by atoms with E-state index in [0.29, 0.717) is 30.3 Å².